The third-order valence-electron chi connectivity index (χ3n) is 2.82. The van der Waals surface area contributed by atoms with Crippen molar-refractivity contribution in [2.45, 2.75) is 19.1 Å². The maximum atomic E-state index is 10.7. The summed E-state index contributed by atoms with van der Waals surface area (Å²) in [6.07, 6.45) is -1.23. The molecule has 94 valence electrons. The Morgan fingerprint density at radius 2 is 2.06 bits per heavy atom. The van der Waals surface area contributed by atoms with Gasteiger partial charge in [0.2, 0.25) is 0 Å². The number of pyridine rings is 1. The van der Waals surface area contributed by atoms with Gasteiger partial charge in [-0.1, -0.05) is 12.1 Å². The van der Waals surface area contributed by atoms with Gasteiger partial charge in [-0.05, 0) is 30.7 Å². The molecular weight excluding hydrogens is 232 g/mol. The Morgan fingerprint density at radius 1 is 1.33 bits per heavy atom. The third kappa shape index (κ3) is 2.32. The van der Waals surface area contributed by atoms with Crippen molar-refractivity contribution < 1.29 is 15.0 Å². The number of carboxylic acids is 1. The number of nitrogens with zero attached hydrogens (tertiary/aromatic N) is 1. The van der Waals surface area contributed by atoms with Gasteiger partial charge in [-0.25, -0.2) is 0 Å². The van der Waals surface area contributed by atoms with E-state index in [0.717, 1.165) is 16.6 Å². The summed E-state index contributed by atoms with van der Waals surface area (Å²) in [7, 11) is 0. The van der Waals surface area contributed by atoms with E-state index in [-0.39, 0.29) is 0 Å². The molecule has 0 spiro atoms. The van der Waals surface area contributed by atoms with Crippen LogP contribution in [0.15, 0.2) is 30.3 Å². The van der Waals surface area contributed by atoms with E-state index in [1.807, 2.05) is 19.1 Å². The molecule has 0 saturated heterocycles. The zero-order chi connectivity index (χ0) is 13.3. The van der Waals surface area contributed by atoms with Crippen LogP contribution in [0.25, 0.3) is 10.9 Å². The number of aromatic nitrogens is 1. The average molecular weight is 246 g/mol. The summed E-state index contributed by atoms with van der Waals surface area (Å²) < 4.78 is 0. The van der Waals surface area contributed by atoms with Crippen molar-refractivity contribution in [3.05, 3.63) is 41.6 Å². The number of aliphatic hydroxyl groups is 1. The first-order valence-corrected chi connectivity index (χ1v) is 5.53. The Balaban J connectivity index is 2.41. The average Bonchev–Trinajstić information content (AvgIpc) is 2.36. The molecule has 18 heavy (non-hydrogen) atoms. The SMILES string of the molecule is Cc1ccc2cc(C(O)C(N)C(=O)O)ccc2n1. The normalized spacial score (nSPS) is 14.4. The van der Waals surface area contributed by atoms with Crippen LogP contribution in [0.1, 0.15) is 17.4 Å². The minimum Gasteiger partial charge on any atom is -0.480 e. The molecule has 2 unspecified atom stereocenters. The van der Waals surface area contributed by atoms with E-state index in [1.165, 1.54) is 0 Å². The lowest BCUT2D eigenvalue weighted by Gasteiger charge is -2.15. The predicted octanol–water partition coefficient (Wildman–Crippen LogP) is 0.989. The van der Waals surface area contributed by atoms with E-state index < -0.39 is 18.1 Å². The fourth-order valence-electron chi connectivity index (χ4n) is 1.77. The standard InChI is InChI=1S/C13H14N2O3/c1-7-2-3-8-6-9(4-5-10(8)15-7)12(16)11(14)13(17)18/h2-6,11-12,16H,14H2,1H3,(H,17,18). The van der Waals surface area contributed by atoms with Crippen molar-refractivity contribution in [1.29, 1.82) is 0 Å². The maximum absolute atomic E-state index is 10.7. The van der Waals surface area contributed by atoms with Crippen molar-refractivity contribution in [2.24, 2.45) is 5.73 Å². The van der Waals surface area contributed by atoms with Gasteiger partial charge in [0, 0.05) is 11.1 Å². The van der Waals surface area contributed by atoms with Gasteiger partial charge in [0.25, 0.3) is 0 Å². The lowest BCUT2D eigenvalue weighted by molar-refractivity contribution is -0.141. The molecule has 0 saturated carbocycles. The maximum Gasteiger partial charge on any atom is 0.323 e. The first-order valence-electron chi connectivity index (χ1n) is 5.53. The van der Waals surface area contributed by atoms with Crippen LogP contribution in [0, 0.1) is 6.92 Å². The summed E-state index contributed by atoms with van der Waals surface area (Å²) in [5, 5.41) is 19.5. The molecule has 4 N–H and O–H groups in total. The van der Waals surface area contributed by atoms with Crippen LogP contribution < -0.4 is 5.73 Å². The fourth-order valence-corrected chi connectivity index (χ4v) is 1.77. The van der Waals surface area contributed by atoms with Crippen LogP contribution in [0.4, 0.5) is 0 Å². The first kappa shape index (κ1) is 12.5. The summed E-state index contributed by atoms with van der Waals surface area (Å²) in [5.74, 6) is -1.23. The minimum atomic E-state index is -1.33. The van der Waals surface area contributed by atoms with Gasteiger partial charge in [-0.3, -0.25) is 9.78 Å². The summed E-state index contributed by atoms with van der Waals surface area (Å²) in [4.78, 5) is 15.1. The summed E-state index contributed by atoms with van der Waals surface area (Å²) in [6, 6.07) is 7.49. The van der Waals surface area contributed by atoms with Gasteiger partial charge in [0.15, 0.2) is 0 Å². The van der Waals surface area contributed by atoms with Gasteiger partial charge in [-0.2, -0.15) is 0 Å². The largest absolute Gasteiger partial charge is 0.480 e. The number of aryl methyl sites for hydroxylation is 1. The summed E-state index contributed by atoms with van der Waals surface area (Å²) in [5.41, 5.74) is 7.57. The monoisotopic (exact) mass is 246 g/mol. The van der Waals surface area contributed by atoms with E-state index >= 15 is 0 Å². The second kappa shape index (κ2) is 4.72. The number of aliphatic carboxylic acids is 1. The summed E-state index contributed by atoms with van der Waals surface area (Å²) in [6.45, 7) is 1.89. The number of fused-ring (bicyclic) bond motifs is 1. The number of hydrogen-bond donors (Lipinski definition) is 3. The molecule has 0 aliphatic rings. The van der Waals surface area contributed by atoms with Crippen molar-refractivity contribution in [3.8, 4) is 0 Å². The van der Waals surface area contributed by atoms with Crippen LogP contribution in [0.3, 0.4) is 0 Å². The van der Waals surface area contributed by atoms with E-state index in [1.54, 1.807) is 18.2 Å². The molecule has 0 fully saturated rings. The molecule has 2 aromatic rings. The van der Waals surface area contributed by atoms with Gasteiger partial charge < -0.3 is 15.9 Å². The molecule has 0 radical (unpaired) electrons. The molecular formula is C13H14N2O3. The van der Waals surface area contributed by atoms with Gasteiger partial charge in [0.1, 0.15) is 12.1 Å². The lowest BCUT2D eigenvalue weighted by atomic mass is 10.0. The fraction of sp³-hybridized carbons (Fsp3) is 0.231. The number of aliphatic hydroxyl groups excluding tert-OH is 1. The van der Waals surface area contributed by atoms with E-state index in [0.29, 0.717) is 5.56 Å². The van der Waals surface area contributed by atoms with E-state index in [9.17, 15) is 9.90 Å². The van der Waals surface area contributed by atoms with Crippen molar-refractivity contribution >= 4 is 16.9 Å². The number of benzene rings is 1. The quantitative estimate of drug-likeness (QED) is 0.750. The molecule has 5 heteroatoms. The Morgan fingerprint density at radius 3 is 2.72 bits per heavy atom. The zero-order valence-corrected chi connectivity index (χ0v) is 9.87. The molecule has 0 bridgehead atoms. The molecule has 2 rings (SSSR count). The van der Waals surface area contributed by atoms with Crippen LogP contribution in [0.5, 0.6) is 0 Å². The highest BCUT2D eigenvalue weighted by Gasteiger charge is 2.23. The molecule has 1 heterocycles. The zero-order valence-electron chi connectivity index (χ0n) is 9.87. The highest BCUT2D eigenvalue weighted by atomic mass is 16.4. The first-order chi connectivity index (χ1) is 8.49. The minimum absolute atomic E-state index is 0.475. The second-order valence-corrected chi connectivity index (χ2v) is 4.21. The van der Waals surface area contributed by atoms with Gasteiger partial charge in [0.05, 0.1) is 5.52 Å². The Labute approximate surface area is 104 Å². The number of carbonyl (C=O) groups is 1. The molecule has 1 aromatic heterocycles. The van der Waals surface area contributed by atoms with Gasteiger partial charge in [-0.15, -0.1) is 0 Å². The third-order valence-corrected chi connectivity index (χ3v) is 2.82. The predicted molar refractivity (Wildman–Crippen MR) is 67.1 cm³/mol. The van der Waals surface area contributed by atoms with E-state index in [4.69, 9.17) is 10.8 Å². The van der Waals surface area contributed by atoms with Gasteiger partial charge >= 0.3 is 5.97 Å². The van der Waals surface area contributed by atoms with Crippen LogP contribution in [-0.4, -0.2) is 27.2 Å². The molecule has 2 atom stereocenters. The van der Waals surface area contributed by atoms with E-state index in [2.05, 4.69) is 4.98 Å². The Bertz CT molecular complexity index is 598. The number of carboxylic acid groups (broad SMARTS) is 1. The number of rotatable bonds is 3. The van der Waals surface area contributed by atoms with Crippen molar-refractivity contribution in [2.75, 3.05) is 0 Å². The van der Waals surface area contributed by atoms with Crippen molar-refractivity contribution in [3.63, 3.8) is 0 Å². The van der Waals surface area contributed by atoms with Crippen molar-refractivity contribution in [1.82, 2.24) is 4.98 Å². The van der Waals surface area contributed by atoms with Crippen LogP contribution in [0.2, 0.25) is 0 Å². The summed E-state index contributed by atoms with van der Waals surface area (Å²) >= 11 is 0. The number of hydrogen-bond acceptors (Lipinski definition) is 4. The molecule has 0 amide bonds. The molecule has 0 aliphatic carbocycles. The van der Waals surface area contributed by atoms with Crippen LogP contribution in [-0.2, 0) is 4.79 Å². The second-order valence-electron chi connectivity index (χ2n) is 4.21. The highest BCUT2D eigenvalue weighted by Crippen LogP contribution is 2.21. The highest BCUT2D eigenvalue weighted by molar-refractivity contribution is 5.80. The molecule has 5 nitrogen and oxygen atoms in total. The Hall–Kier alpha value is -1.98. The Kier molecular flexibility index (Phi) is 3.27. The molecule has 1 aromatic carbocycles. The molecule has 0 aliphatic heterocycles. The van der Waals surface area contributed by atoms with Crippen LogP contribution >= 0.6 is 0 Å². The topological polar surface area (TPSA) is 96.4 Å². The smallest absolute Gasteiger partial charge is 0.323 e. The number of nitrogens with two attached hydrogens (primary N) is 1. The lowest BCUT2D eigenvalue weighted by Crippen LogP contribution is -2.36.